The number of rotatable bonds is 6. The molecule has 0 atom stereocenters. The minimum Gasteiger partial charge on any atom is -0.467 e. The lowest BCUT2D eigenvalue weighted by Gasteiger charge is -2.07. The van der Waals surface area contributed by atoms with Crippen molar-refractivity contribution in [2.24, 2.45) is 10.7 Å². The van der Waals surface area contributed by atoms with Crippen LogP contribution in [0, 0.1) is 6.92 Å². The number of aryl methyl sites for hydroxylation is 1. The van der Waals surface area contributed by atoms with E-state index >= 15 is 0 Å². The molecule has 4 N–H and O–H groups in total. The Bertz CT molecular complexity index is 933. The SMILES string of the molecule is Cc1cccc(NC(N)=NCc2cccc(C(=O)NCc3ccco3)c2)c1. The van der Waals surface area contributed by atoms with Crippen LogP contribution in [0.3, 0.4) is 0 Å². The molecular formula is C21H22N4O2. The molecule has 1 amide bonds. The maximum absolute atomic E-state index is 12.3. The van der Waals surface area contributed by atoms with Gasteiger partial charge in [0.25, 0.3) is 5.91 Å². The van der Waals surface area contributed by atoms with Crippen molar-refractivity contribution in [2.75, 3.05) is 5.32 Å². The van der Waals surface area contributed by atoms with E-state index in [4.69, 9.17) is 10.2 Å². The number of hydrogen-bond donors (Lipinski definition) is 3. The summed E-state index contributed by atoms with van der Waals surface area (Å²) >= 11 is 0. The highest BCUT2D eigenvalue weighted by molar-refractivity contribution is 5.94. The number of carbonyl (C=O) groups is 1. The normalized spacial score (nSPS) is 11.2. The summed E-state index contributed by atoms with van der Waals surface area (Å²) in [5.41, 5.74) is 9.45. The van der Waals surface area contributed by atoms with Crippen LogP contribution in [-0.2, 0) is 13.1 Å². The number of aliphatic imine (C=N–C) groups is 1. The molecule has 1 heterocycles. The topological polar surface area (TPSA) is 92.6 Å². The summed E-state index contributed by atoms with van der Waals surface area (Å²) in [7, 11) is 0. The van der Waals surface area contributed by atoms with Gasteiger partial charge in [0.2, 0.25) is 0 Å². The molecule has 0 radical (unpaired) electrons. The van der Waals surface area contributed by atoms with Crippen molar-refractivity contribution in [1.82, 2.24) is 5.32 Å². The molecule has 0 aliphatic carbocycles. The van der Waals surface area contributed by atoms with Crippen LogP contribution in [0.2, 0.25) is 0 Å². The highest BCUT2D eigenvalue weighted by atomic mass is 16.3. The van der Waals surface area contributed by atoms with Gasteiger partial charge in [0.1, 0.15) is 5.76 Å². The highest BCUT2D eigenvalue weighted by Gasteiger charge is 2.07. The Kier molecular flexibility index (Phi) is 5.89. The molecular weight excluding hydrogens is 340 g/mol. The number of benzene rings is 2. The molecule has 0 fully saturated rings. The van der Waals surface area contributed by atoms with Gasteiger partial charge in [-0.15, -0.1) is 0 Å². The Balaban J connectivity index is 1.58. The van der Waals surface area contributed by atoms with Crippen LogP contribution in [0.1, 0.15) is 27.2 Å². The van der Waals surface area contributed by atoms with Crippen LogP contribution < -0.4 is 16.4 Å². The van der Waals surface area contributed by atoms with Crippen molar-refractivity contribution in [3.05, 3.63) is 89.4 Å². The Morgan fingerprint density at radius 2 is 1.96 bits per heavy atom. The number of hydrogen-bond acceptors (Lipinski definition) is 3. The van der Waals surface area contributed by atoms with Crippen molar-refractivity contribution in [3.8, 4) is 0 Å². The average Bonchev–Trinajstić information content (AvgIpc) is 3.18. The Morgan fingerprint density at radius 1 is 1.11 bits per heavy atom. The van der Waals surface area contributed by atoms with Crippen molar-refractivity contribution in [3.63, 3.8) is 0 Å². The summed E-state index contributed by atoms with van der Waals surface area (Å²) < 4.78 is 5.21. The Hall–Kier alpha value is -3.54. The number of nitrogens with two attached hydrogens (primary N) is 1. The van der Waals surface area contributed by atoms with E-state index in [9.17, 15) is 4.79 Å². The maximum atomic E-state index is 12.3. The van der Waals surface area contributed by atoms with E-state index < -0.39 is 0 Å². The zero-order valence-corrected chi connectivity index (χ0v) is 15.1. The predicted molar refractivity (Wildman–Crippen MR) is 106 cm³/mol. The first-order chi connectivity index (χ1) is 13.1. The fourth-order valence-electron chi connectivity index (χ4n) is 2.58. The number of anilines is 1. The van der Waals surface area contributed by atoms with E-state index in [1.165, 1.54) is 0 Å². The van der Waals surface area contributed by atoms with Gasteiger partial charge < -0.3 is 20.8 Å². The van der Waals surface area contributed by atoms with E-state index in [1.807, 2.05) is 49.4 Å². The molecule has 6 nitrogen and oxygen atoms in total. The average molecular weight is 362 g/mol. The molecule has 3 rings (SSSR count). The molecule has 1 aromatic heterocycles. The minimum absolute atomic E-state index is 0.164. The second-order valence-corrected chi connectivity index (χ2v) is 6.16. The molecule has 2 aromatic carbocycles. The van der Waals surface area contributed by atoms with Crippen molar-refractivity contribution in [2.45, 2.75) is 20.0 Å². The first-order valence-corrected chi connectivity index (χ1v) is 8.63. The molecule has 6 heteroatoms. The lowest BCUT2D eigenvalue weighted by atomic mass is 10.1. The Morgan fingerprint density at radius 3 is 2.74 bits per heavy atom. The van der Waals surface area contributed by atoms with Gasteiger partial charge in [-0.1, -0.05) is 24.3 Å². The number of amides is 1. The Labute approximate surface area is 158 Å². The van der Waals surface area contributed by atoms with Crippen molar-refractivity contribution >= 4 is 17.6 Å². The first kappa shape index (κ1) is 18.3. The quantitative estimate of drug-likeness (QED) is 0.462. The van der Waals surface area contributed by atoms with Gasteiger partial charge >= 0.3 is 0 Å². The van der Waals surface area contributed by atoms with Gasteiger partial charge in [-0.3, -0.25) is 4.79 Å². The van der Waals surface area contributed by atoms with E-state index in [0.717, 1.165) is 16.8 Å². The molecule has 0 saturated heterocycles. The summed E-state index contributed by atoms with van der Waals surface area (Å²) in [5, 5.41) is 5.89. The molecule has 138 valence electrons. The number of guanidine groups is 1. The standard InChI is InChI=1S/C21H22N4O2/c1-15-5-2-8-18(11-15)25-21(22)24-13-16-6-3-7-17(12-16)20(26)23-14-19-9-4-10-27-19/h2-12H,13-14H2,1H3,(H,23,26)(H3,22,24,25). The first-order valence-electron chi connectivity index (χ1n) is 8.63. The number of nitrogens with one attached hydrogen (secondary N) is 2. The lowest BCUT2D eigenvalue weighted by Crippen LogP contribution is -2.23. The lowest BCUT2D eigenvalue weighted by molar-refractivity contribution is 0.0948. The highest BCUT2D eigenvalue weighted by Crippen LogP contribution is 2.10. The van der Waals surface area contributed by atoms with Gasteiger partial charge in [-0.2, -0.15) is 0 Å². The van der Waals surface area contributed by atoms with E-state index in [0.29, 0.717) is 30.4 Å². The zero-order valence-electron chi connectivity index (χ0n) is 15.1. The van der Waals surface area contributed by atoms with Gasteiger partial charge in [0, 0.05) is 11.3 Å². The molecule has 0 bridgehead atoms. The minimum atomic E-state index is -0.164. The number of furan rings is 1. The van der Waals surface area contributed by atoms with Crippen LogP contribution in [0.25, 0.3) is 0 Å². The third-order valence-electron chi connectivity index (χ3n) is 3.91. The van der Waals surface area contributed by atoms with Crippen LogP contribution >= 0.6 is 0 Å². The summed E-state index contributed by atoms with van der Waals surface area (Å²) in [6.07, 6.45) is 1.58. The second-order valence-electron chi connectivity index (χ2n) is 6.16. The number of nitrogens with zero attached hydrogens (tertiary/aromatic N) is 1. The van der Waals surface area contributed by atoms with Gasteiger partial charge in [0.05, 0.1) is 19.4 Å². The van der Waals surface area contributed by atoms with Gasteiger partial charge in [-0.05, 0) is 54.4 Å². The van der Waals surface area contributed by atoms with Crippen molar-refractivity contribution < 1.29 is 9.21 Å². The molecule has 0 saturated carbocycles. The fourth-order valence-corrected chi connectivity index (χ4v) is 2.58. The summed E-state index contributed by atoms with van der Waals surface area (Å²) in [5.74, 6) is 0.871. The third-order valence-corrected chi connectivity index (χ3v) is 3.91. The molecule has 0 unspecified atom stereocenters. The summed E-state index contributed by atoms with van der Waals surface area (Å²) in [6, 6.07) is 18.8. The smallest absolute Gasteiger partial charge is 0.251 e. The fraction of sp³-hybridized carbons (Fsp3) is 0.143. The molecule has 27 heavy (non-hydrogen) atoms. The zero-order chi connectivity index (χ0) is 19.1. The van der Waals surface area contributed by atoms with Crippen LogP contribution in [0.5, 0.6) is 0 Å². The summed E-state index contributed by atoms with van der Waals surface area (Å²) in [4.78, 5) is 16.6. The third kappa shape index (κ3) is 5.47. The number of carbonyl (C=O) groups excluding carboxylic acids is 1. The van der Waals surface area contributed by atoms with Crippen molar-refractivity contribution in [1.29, 1.82) is 0 Å². The van der Waals surface area contributed by atoms with Crippen LogP contribution in [0.4, 0.5) is 5.69 Å². The molecule has 0 aliphatic rings. The van der Waals surface area contributed by atoms with Gasteiger partial charge in [-0.25, -0.2) is 4.99 Å². The monoisotopic (exact) mass is 362 g/mol. The van der Waals surface area contributed by atoms with Crippen LogP contribution in [0.15, 0.2) is 76.3 Å². The summed E-state index contributed by atoms with van der Waals surface area (Å²) in [6.45, 7) is 2.74. The predicted octanol–water partition coefficient (Wildman–Crippen LogP) is 3.44. The second kappa shape index (κ2) is 8.71. The van der Waals surface area contributed by atoms with E-state index in [-0.39, 0.29) is 5.91 Å². The molecule has 3 aromatic rings. The van der Waals surface area contributed by atoms with Gasteiger partial charge in [0.15, 0.2) is 5.96 Å². The van der Waals surface area contributed by atoms with E-state index in [2.05, 4.69) is 15.6 Å². The van der Waals surface area contributed by atoms with Crippen LogP contribution in [-0.4, -0.2) is 11.9 Å². The maximum Gasteiger partial charge on any atom is 0.251 e. The molecule has 0 spiro atoms. The van der Waals surface area contributed by atoms with E-state index in [1.54, 1.807) is 24.5 Å². The largest absolute Gasteiger partial charge is 0.467 e. The molecule has 0 aliphatic heterocycles.